The third-order valence-corrected chi connectivity index (χ3v) is 9.78. The molecule has 1 saturated heterocycles. The molecule has 3 heterocycles. The van der Waals surface area contributed by atoms with Gasteiger partial charge in [0.2, 0.25) is 5.91 Å². The highest BCUT2D eigenvalue weighted by atomic mass is 35.5. The summed E-state index contributed by atoms with van der Waals surface area (Å²) in [7, 11) is 0. The summed E-state index contributed by atoms with van der Waals surface area (Å²) < 4.78 is 1.34. The molecule has 54 heavy (non-hydrogen) atoms. The molecule has 1 aliphatic heterocycles. The summed E-state index contributed by atoms with van der Waals surface area (Å²) in [5.74, 6) is -3.51. The normalized spacial score (nSPS) is 18.0. The molecule has 1 atom stereocenters. The molecular weight excluding hydrogens is 720 g/mol. The number of aromatic nitrogens is 5. The van der Waals surface area contributed by atoms with Crippen LogP contribution in [0.25, 0.3) is 16.6 Å². The van der Waals surface area contributed by atoms with Gasteiger partial charge in [-0.15, -0.1) is 5.10 Å². The Labute approximate surface area is 312 Å². The number of piperazine rings is 1. The summed E-state index contributed by atoms with van der Waals surface area (Å²) in [5.41, 5.74) is 2.78. The first kappa shape index (κ1) is 36.0. The SMILES string of the molecule is O=C(Nc1ccc(C[C@@H](C(=O)Nc2ccc3[nH]c(C(=O)O)cc3c2)N2CCN(c3cc(Cl)ccc3-n3cnnn3)C(=O)C2=O)cc1)NC1CCC(O)CC1. The van der Waals surface area contributed by atoms with Gasteiger partial charge in [0.05, 0.1) is 17.5 Å². The fourth-order valence-electron chi connectivity index (χ4n) is 6.77. The van der Waals surface area contributed by atoms with Crippen molar-refractivity contribution < 1.29 is 34.2 Å². The number of aromatic amines is 1. The number of anilines is 3. The molecule has 1 aliphatic carbocycles. The van der Waals surface area contributed by atoms with Crippen LogP contribution in [0.2, 0.25) is 5.02 Å². The van der Waals surface area contributed by atoms with Crippen LogP contribution in [-0.2, 0) is 20.8 Å². The Kier molecular flexibility index (Phi) is 10.2. The van der Waals surface area contributed by atoms with E-state index < -0.39 is 29.7 Å². The topological polar surface area (TPSA) is 228 Å². The molecule has 2 aliphatic rings. The third kappa shape index (κ3) is 7.86. The number of hydrogen-bond donors (Lipinski definition) is 6. The number of H-pyrrole nitrogens is 1. The van der Waals surface area contributed by atoms with Crippen LogP contribution < -0.4 is 20.9 Å². The maximum atomic E-state index is 14.1. The number of tetrazole rings is 1. The molecule has 3 aromatic carbocycles. The maximum absolute atomic E-state index is 14.1. The molecule has 5 amide bonds. The lowest BCUT2D eigenvalue weighted by Gasteiger charge is -2.38. The fourth-order valence-corrected chi connectivity index (χ4v) is 6.94. The van der Waals surface area contributed by atoms with Crippen LogP contribution in [-0.4, -0.2) is 101 Å². The van der Waals surface area contributed by atoms with Crippen molar-refractivity contribution in [2.24, 2.45) is 0 Å². The van der Waals surface area contributed by atoms with E-state index in [0.29, 0.717) is 69.9 Å². The van der Waals surface area contributed by atoms with E-state index in [9.17, 15) is 34.2 Å². The smallest absolute Gasteiger partial charge is 0.352 e. The van der Waals surface area contributed by atoms with Crippen molar-refractivity contribution >= 4 is 69.3 Å². The zero-order chi connectivity index (χ0) is 37.9. The van der Waals surface area contributed by atoms with E-state index in [4.69, 9.17) is 11.6 Å². The Morgan fingerprint density at radius 3 is 2.37 bits per heavy atom. The maximum Gasteiger partial charge on any atom is 0.352 e. The number of nitrogens with zero attached hydrogens (tertiary/aromatic N) is 6. The van der Waals surface area contributed by atoms with Crippen LogP contribution in [0.15, 0.2) is 73.1 Å². The number of amides is 5. The molecule has 0 radical (unpaired) electrons. The number of carboxylic acid groups (broad SMARTS) is 1. The molecular formula is C36H35ClN10O7. The van der Waals surface area contributed by atoms with Crippen molar-refractivity contribution in [1.29, 1.82) is 0 Å². The number of carbonyl (C=O) groups is 5. The zero-order valence-electron chi connectivity index (χ0n) is 28.6. The molecule has 1 saturated carbocycles. The van der Waals surface area contributed by atoms with Crippen molar-refractivity contribution in [2.75, 3.05) is 28.6 Å². The number of nitrogens with one attached hydrogen (secondary N) is 4. The van der Waals surface area contributed by atoms with Crippen LogP contribution in [0.5, 0.6) is 0 Å². The van der Waals surface area contributed by atoms with Gasteiger partial charge in [0, 0.05) is 52.9 Å². The third-order valence-electron chi connectivity index (χ3n) is 9.55. The van der Waals surface area contributed by atoms with Gasteiger partial charge in [-0.25, -0.2) is 9.59 Å². The van der Waals surface area contributed by atoms with E-state index in [0.717, 1.165) is 0 Å². The zero-order valence-corrected chi connectivity index (χ0v) is 29.4. The van der Waals surface area contributed by atoms with Crippen LogP contribution in [0.1, 0.15) is 41.7 Å². The molecule has 7 rings (SSSR count). The highest BCUT2D eigenvalue weighted by Gasteiger charge is 2.40. The van der Waals surface area contributed by atoms with Crippen molar-refractivity contribution in [3.63, 3.8) is 0 Å². The average molecular weight is 755 g/mol. The summed E-state index contributed by atoms with van der Waals surface area (Å²) in [4.78, 5) is 71.3. The number of benzene rings is 3. The minimum Gasteiger partial charge on any atom is -0.477 e. The van der Waals surface area contributed by atoms with E-state index in [2.05, 4.69) is 36.5 Å². The second kappa shape index (κ2) is 15.3. The van der Waals surface area contributed by atoms with Gasteiger partial charge in [-0.1, -0.05) is 23.7 Å². The summed E-state index contributed by atoms with van der Waals surface area (Å²) in [6.07, 6.45) is 3.67. The number of carbonyl (C=O) groups excluding carboxylic acids is 4. The second-order valence-corrected chi connectivity index (χ2v) is 13.6. The largest absolute Gasteiger partial charge is 0.477 e. The van der Waals surface area contributed by atoms with E-state index in [1.54, 1.807) is 54.6 Å². The minimum atomic E-state index is -1.15. The molecule has 0 spiro atoms. The molecule has 0 unspecified atom stereocenters. The van der Waals surface area contributed by atoms with Crippen molar-refractivity contribution in [2.45, 2.75) is 50.3 Å². The predicted octanol–water partition coefficient (Wildman–Crippen LogP) is 3.35. The number of carboxylic acids is 1. The summed E-state index contributed by atoms with van der Waals surface area (Å²) in [6.45, 7) is 0.00998. The lowest BCUT2D eigenvalue weighted by Crippen LogP contribution is -2.60. The average Bonchev–Trinajstić information content (AvgIpc) is 3.85. The molecule has 17 nitrogen and oxygen atoms in total. The highest BCUT2D eigenvalue weighted by Crippen LogP contribution is 2.30. The monoisotopic (exact) mass is 754 g/mol. The van der Waals surface area contributed by atoms with Crippen LogP contribution >= 0.6 is 11.6 Å². The van der Waals surface area contributed by atoms with E-state index in [-0.39, 0.29) is 43.4 Å². The summed E-state index contributed by atoms with van der Waals surface area (Å²) >= 11 is 6.30. The number of fused-ring (bicyclic) bond motifs is 1. The van der Waals surface area contributed by atoms with Crippen molar-refractivity contribution in [3.05, 3.63) is 89.3 Å². The highest BCUT2D eigenvalue weighted by molar-refractivity contribution is 6.41. The number of halogens is 1. The molecule has 0 bridgehead atoms. The van der Waals surface area contributed by atoms with Crippen LogP contribution in [0, 0.1) is 0 Å². The Balaban J connectivity index is 1.11. The molecule has 5 aromatic rings. The van der Waals surface area contributed by atoms with Crippen LogP contribution in [0.4, 0.5) is 21.9 Å². The van der Waals surface area contributed by atoms with Gasteiger partial charge in [0.1, 0.15) is 18.1 Å². The lowest BCUT2D eigenvalue weighted by atomic mass is 9.93. The number of aliphatic hydroxyl groups excluding tert-OH is 1. The quantitative estimate of drug-likeness (QED) is 0.114. The van der Waals surface area contributed by atoms with Gasteiger partial charge >= 0.3 is 23.8 Å². The predicted molar refractivity (Wildman–Crippen MR) is 196 cm³/mol. The molecule has 18 heteroatoms. The Bertz CT molecular complexity index is 2220. The van der Waals surface area contributed by atoms with Gasteiger partial charge in [-0.3, -0.25) is 14.4 Å². The number of urea groups is 1. The fraction of sp³-hybridized carbons (Fsp3) is 0.278. The van der Waals surface area contributed by atoms with Crippen LogP contribution in [0.3, 0.4) is 0 Å². The minimum absolute atomic E-state index is 0.0129. The number of hydrogen-bond acceptors (Lipinski definition) is 9. The first-order valence-electron chi connectivity index (χ1n) is 17.2. The first-order chi connectivity index (χ1) is 26.0. The molecule has 2 aromatic heterocycles. The molecule has 278 valence electrons. The molecule has 6 N–H and O–H groups in total. The van der Waals surface area contributed by atoms with Crippen molar-refractivity contribution in [3.8, 4) is 5.69 Å². The van der Waals surface area contributed by atoms with Gasteiger partial charge < -0.3 is 40.9 Å². The number of rotatable bonds is 10. The lowest BCUT2D eigenvalue weighted by molar-refractivity contribution is -0.149. The van der Waals surface area contributed by atoms with E-state index in [1.807, 2.05) is 0 Å². The van der Waals surface area contributed by atoms with Gasteiger partial charge in [0.15, 0.2) is 0 Å². The summed E-state index contributed by atoms with van der Waals surface area (Å²) in [5, 5.41) is 39.8. The Morgan fingerprint density at radius 2 is 1.65 bits per heavy atom. The Morgan fingerprint density at radius 1 is 0.889 bits per heavy atom. The first-order valence-corrected chi connectivity index (χ1v) is 17.6. The standard InChI is InChI=1S/C36H35ClN10O7/c37-22-3-12-29(47-19-38-43-44-47)30(18-22)45-13-14-46(34(51)33(45)50)31(32(49)39-25-8-11-27-21(16-25)17-28(42-27)35(52)53)15-20-1-4-23(5-2-20)40-36(54)41-24-6-9-26(48)10-7-24/h1-5,8,11-12,16-19,24,26,31,42,48H,6-7,9-10,13-15H2,(H,39,49)(H,52,53)(H2,40,41,54)/t24?,26?,31-/m0/s1. The van der Waals surface area contributed by atoms with Crippen molar-refractivity contribution in [1.82, 2.24) is 35.4 Å². The van der Waals surface area contributed by atoms with Gasteiger partial charge in [-0.2, -0.15) is 4.68 Å². The Hall–Kier alpha value is -6.33. The summed E-state index contributed by atoms with van der Waals surface area (Å²) in [6, 6.07) is 16.3. The van der Waals surface area contributed by atoms with E-state index in [1.165, 1.54) is 32.9 Å². The van der Waals surface area contributed by atoms with E-state index >= 15 is 0 Å². The van der Waals surface area contributed by atoms with Gasteiger partial charge in [-0.05, 0) is 96.3 Å². The number of aromatic carboxylic acids is 1. The number of aliphatic hydroxyl groups is 1. The van der Waals surface area contributed by atoms with Gasteiger partial charge in [0.25, 0.3) is 0 Å². The molecule has 2 fully saturated rings. The second-order valence-electron chi connectivity index (χ2n) is 13.1.